The van der Waals surface area contributed by atoms with Crippen LogP contribution >= 0.6 is 23.4 Å². The quantitative estimate of drug-likeness (QED) is 0.547. The van der Waals surface area contributed by atoms with Gasteiger partial charge in [-0.3, -0.25) is 24.1 Å². The van der Waals surface area contributed by atoms with Crippen LogP contribution in [0.2, 0.25) is 5.02 Å². The molecule has 2 saturated heterocycles. The molecule has 2 aliphatic rings. The predicted molar refractivity (Wildman–Crippen MR) is 111 cm³/mol. The molecule has 0 aromatic heterocycles. The van der Waals surface area contributed by atoms with Crippen LogP contribution in [0, 0.1) is 6.92 Å². The number of nitrogens with zero attached hydrogens (tertiary/aromatic N) is 2. The maximum Gasteiger partial charge on any atom is 0.294 e. The van der Waals surface area contributed by atoms with E-state index in [-0.39, 0.29) is 11.3 Å². The van der Waals surface area contributed by atoms with Crippen LogP contribution in [-0.4, -0.2) is 33.9 Å². The molecule has 0 radical (unpaired) electrons. The number of hydrogen-bond donors (Lipinski definition) is 0. The molecule has 0 N–H and O–H groups in total. The van der Waals surface area contributed by atoms with Crippen LogP contribution in [0.25, 0.3) is 6.08 Å². The van der Waals surface area contributed by atoms with E-state index in [4.69, 9.17) is 11.6 Å². The molecule has 1 unspecified atom stereocenters. The molecule has 2 heterocycles. The van der Waals surface area contributed by atoms with E-state index in [0.29, 0.717) is 16.3 Å². The normalized spacial score (nSPS) is 21.0. The summed E-state index contributed by atoms with van der Waals surface area (Å²) in [7, 11) is 0. The summed E-state index contributed by atoms with van der Waals surface area (Å²) in [5.74, 6) is -1.59. The standard InChI is InChI=1S/C21H15ClN2O4S/c1-12-2-8-15(9-3-12)23-18(25)11-16(19(23)26)24-20(27)17(29-21(24)28)10-13-4-6-14(22)7-5-13/h2-10,16H,11H2,1H3/b17-10-. The monoisotopic (exact) mass is 426 g/mol. The molecule has 0 saturated carbocycles. The topological polar surface area (TPSA) is 74.8 Å². The van der Waals surface area contributed by atoms with Gasteiger partial charge in [0.2, 0.25) is 5.91 Å². The number of rotatable bonds is 3. The molecular formula is C21H15ClN2O4S. The van der Waals surface area contributed by atoms with Crippen molar-refractivity contribution in [3.05, 3.63) is 69.6 Å². The lowest BCUT2D eigenvalue weighted by atomic mass is 10.2. The van der Waals surface area contributed by atoms with Crippen LogP contribution in [0.1, 0.15) is 17.5 Å². The van der Waals surface area contributed by atoms with Crippen LogP contribution in [-0.2, 0) is 14.4 Å². The van der Waals surface area contributed by atoms with Crippen molar-refractivity contribution in [3.8, 4) is 0 Å². The summed E-state index contributed by atoms with van der Waals surface area (Å²) >= 11 is 6.62. The zero-order valence-corrected chi connectivity index (χ0v) is 16.9. The largest absolute Gasteiger partial charge is 0.294 e. The van der Waals surface area contributed by atoms with Crippen LogP contribution < -0.4 is 4.90 Å². The Labute approximate surface area is 176 Å². The molecule has 0 bridgehead atoms. The van der Waals surface area contributed by atoms with Gasteiger partial charge in [-0.1, -0.05) is 41.4 Å². The predicted octanol–water partition coefficient (Wildman–Crippen LogP) is 4.02. The number of anilines is 1. The Morgan fingerprint density at radius 3 is 2.31 bits per heavy atom. The number of halogens is 1. The number of imide groups is 2. The van der Waals surface area contributed by atoms with Gasteiger partial charge in [0.15, 0.2) is 0 Å². The fourth-order valence-electron chi connectivity index (χ4n) is 3.24. The van der Waals surface area contributed by atoms with Crippen LogP contribution in [0.4, 0.5) is 10.5 Å². The summed E-state index contributed by atoms with van der Waals surface area (Å²) in [6, 6.07) is 12.6. The third kappa shape index (κ3) is 3.59. The highest BCUT2D eigenvalue weighted by Crippen LogP contribution is 2.37. The van der Waals surface area contributed by atoms with Crippen molar-refractivity contribution in [3.63, 3.8) is 0 Å². The second-order valence-electron chi connectivity index (χ2n) is 6.73. The van der Waals surface area contributed by atoms with Gasteiger partial charge < -0.3 is 0 Å². The summed E-state index contributed by atoms with van der Waals surface area (Å²) in [4.78, 5) is 52.8. The van der Waals surface area contributed by atoms with Crippen molar-refractivity contribution in [2.45, 2.75) is 19.4 Å². The second kappa shape index (κ2) is 7.50. The fourth-order valence-corrected chi connectivity index (χ4v) is 4.24. The van der Waals surface area contributed by atoms with Gasteiger partial charge in [0.25, 0.3) is 17.1 Å². The molecule has 0 spiro atoms. The first-order chi connectivity index (χ1) is 13.8. The third-order valence-electron chi connectivity index (χ3n) is 4.72. The van der Waals surface area contributed by atoms with Crippen molar-refractivity contribution >= 4 is 58.1 Å². The van der Waals surface area contributed by atoms with Crippen molar-refractivity contribution in [1.29, 1.82) is 0 Å². The Bertz CT molecular complexity index is 1060. The number of thioether (sulfide) groups is 1. The van der Waals surface area contributed by atoms with E-state index in [1.54, 1.807) is 54.6 Å². The third-order valence-corrected chi connectivity index (χ3v) is 5.85. The van der Waals surface area contributed by atoms with E-state index in [2.05, 4.69) is 0 Å². The van der Waals surface area contributed by atoms with Gasteiger partial charge >= 0.3 is 0 Å². The van der Waals surface area contributed by atoms with Crippen molar-refractivity contribution in [1.82, 2.24) is 4.90 Å². The molecule has 2 aliphatic heterocycles. The maximum absolute atomic E-state index is 12.9. The minimum atomic E-state index is -1.13. The molecule has 2 aromatic rings. The van der Waals surface area contributed by atoms with Crippen molar-refractivity contribution < 1.29 is 19.2 Å². The average Bonchev–Trinajstić information content (AvgIpc) is 3.12. The number of carbonyl (C=O) groups excluding carboxylic acids is 4. The number of hydrogen-bond acceptors (Lipinski definition) is 5. The Morgan fingerprint density at radius 1 is 1.00 bits per heavy atom. The summed E-state index contributed by atoms with van der Waals surface area (Å²) < 4.78 is 0. The Hall–Kier alpha value is -2.90. The molecule has 2 aromatic carbocycles. The van der Waals surface area contributed by atoms with Gasteiger partial charge in [0.05, 0.1) is 17.0 Å². The van der Waals surface area contributed by atoms with Gasteiger partial charge in [0, 0.05) is 5.02 Å². The molecule has 29 heavy (non-hydrogen) atoms. The van der Waals surface area contributed by atoms with Crippen molar-refractivity contribution in [2.75, 3.05) is 4.90 Å². The number of benzene rings is 2. The van der Waals surface area contributed by atoms with Crippen LogP contribution in [0.15, 0.2) is 53.4 Å². The van der Waals surface area contributed by atoms with Gasteiger partial charge in [-0.15, -0.1) is 0 Å². The molecular weight excluding hydrogens is 412 g/mol. The summed E-state index contributed by atoms with van der Waals surface area (Å²) in [5.41, 5.74) is 2.12. The summed E-state index contributed by atoms with van der Waals surface area (Å²) in [5, 5.41) is -0.00589. The minimum absolute atomic E-state index is 0.200. The highest BCUT2D eigenvalue weighted by molar-refractivity contribution is 8.18. The first-order valence-electron chi connectivity index (χ1n) is 8.81. The van der Waals surface area contributed by atoms with Gasteiger partial charge in [-0.2, -0.15) is 0 Å². The van der Waals surface area contributed by atoms with E-state index in [0.717, 1.165) is 27.1 Å². The average molecular weight is 427 g/mol. The maximum atomic E-state index is 12.9. The van der Waals surface area contributed by atoms with Crippen LogP contribution in [0.5, 0.6) is 0 Å². The number of carbonyl (C=O) groups is 4. The lowest BCUT2D eigenvalue weighted by Crippen LogP contribution is -2.44. The molecule has 146 valence electrons. The smallest absolute Gasteiger partial charge is 0.274 e. The highest BCUT2D eigenvalue weighted by Gasteiger charge is 2.50. The lowest BCUT2D eigenvalue weighted by molar-refractivity contribution is -0.130. The Balaban J connectivity index is 1.59. The summed E-state index contributed by atoms with van der Waals surface area (Å²) in [6.07, 6.45) is 1.35. The Morgan fingerprint density at radius 2 is 1.66 bits per heavy atom. The minimum Gasteiger partial charge on any atom is -0.274 e. The Kier molecular flexibility index (Phi) is 5.02. The first kappa shape index (κ1) is 19.4. The van der Waals surface area contributed by atoms with Gasteiger partial charge in [0.1, 0.15) is 6.04 Å². The van der Waals surface area contributed by atoms with E-state index in [1.807, 2.05) is 6.92 Å². The van der Waals surface area contributed by atoms with Gasteiger partial charge in [-0.05, 0) is 54.6 Å². The molecule has 2 fully saturated rings. The first-order valence-corrected chi connectivity index (χ1v) is 10.0. The van der Waals surface area contributed by atoms with Crippen LogP contribution in [0.3, 0.4) is 0 Å². The fraction of sp³-hybridized carbons (Fsp3) is 0.143. The van der Waals surface area contributed by atoms with E-state index >= 15 is 0 Å². The molecule has 1 atom stereocenters. The lowest BCUT2D eigenvalue weighted by Gasteiger charge is -2.20. The van der Waals surface area contributed by atoms with E-state index in [9.17, 15) is 19.2 Å². The van der Waals surface area contributed by atoms with E-state index in [1.165, 1.54) is 0 Å². The number of amides is 4. The zero-order chi connectivity index (χ0) is 20.7. The number of aryl methyl sites for hydroxylation is 1. The summed E-state index contributed by atoms with van der Waals surface area (Å²) in [6.45, 7) is 1.90. The SMILES string of the molecule is Cc1ccc(N2C(=O)CC(N3C(=O)S/C(=C\c4ccc(Cl)cc4)C3=O)C2=O)cc1. The molecule has 4 rings (SSSR count). The van der Waals surface area contributed by atoms with Gasteiger partial charge in [-0.25, -0.2) is 4.90 Å². The zero-order valence-electron chi connectivity index (χ0n) is 15.3. The highest BCUT2D eigenvalue weighted by atomic mass is 35.5. The molecule has 4 amide bonds. The molecule has 0 aliphatic carbocycles. The van der Waals surface area contributed by atoms with E-state index < -0.39 is 29.0 Å². The van der Waals surface area contributed by atoms with Crippen molar-refractivity contribution in [2.24, 2.45) is 0 Å². The molecule has 6 nitrogen and oxygen atoms in total. The second-order valence-corrected chi connectivity index (χ2v) is 8.16. The molecule has 8 heteroatoms.